The minimum absolute atomic E-state index is 0.00427. The first-order valence-electron chi connectivity index (χ1n) is 13.0. The van der Waals surface area contributed by atoms with Gasteiger partial charge in [0.05, 0.1) is 18.4 Å². The van der Waals surface area contributed by atoms with Gasteiger partial charge in [-0.1, -0.05) is 26.7 Å². The number of likely N-dealkylation sites (tertiary alicyclic amines) is 1. The number of rotatable bonds is 19. The quantitative estimate of drug-likeness (QED) is 0.0827. The first-order valence-corrected chi connectivity index (χ1v) is 14.0. The standard InChI is InChI=1S/C25H44N4O7S/c1-5-26-23(34)27-12-8-6-7-9-15-37-19-16-21(32)29(22(19)33)13-10-20(31)28-17-25(4,35)36-14-11-24(2,3)18-30/h18-19,35H,5-17H2,1-4H3,(H,28,31)(H2,26,27,34). The first-order chi connectivity index (χ1) is 17.4. The van der Waals surface area contributed by atoms with Crippen LogP contribution in [0.15, 0.2) is 0 Å². The molecule has 37 heavy (non-hydrogen) atoms. The molecular weight excluding hydrogens is 500 g/mol. The second-order valence-corrected chi connectivity index (χ2v) is 11.4. The minimum atomic E-state index is -1.60. The molecule has 1 heterocycles. The lowest BCUT2D eigenvalue weighted by molar-refractivity contribution is -0.190. The Morgan fingerprint density at radius 1 is 1.14 bits per heavy atom. The molecule has 12 heteroatoms. The van der Waals surface area contributed by atoms with E-state index < -0.39 is 22.4 Å². The van der Waals surface area contributed by atoms with E-state index in [-0.39, 0.29) is 50.4 Å². The van der Waals surface area contributed by atoms with Crippen molar-refractivity contribution in [3.8, 4) is 0 Å². The fraction of sp³-hybridized carbons (Fsp3) is 0.800. The van der Waals surface area contributed by atoms with Gasteiger partial charge in [0.15, 0.2) is 5.79 Å². The molecule has 5 amide bonds. The highest BCUT2D eigenvalue weighted by Crippen LogP contribution is 2.26. The van der Waals surface area contributed by atoms with E-state index in [4.69, 9.17) is 4.74 Å². The molecule has 0 aromatic heterocycles. The SMILES string of the molecule is CCNC(=O)NCCCCCCSC1CC(=O)N(CCC(=O)NCC(C)(O)OCCC(C)(C)C=O)C1=O. The molecule has 0 saturated carbocycles. The summed E-state index contributed by atoms with van der Waals surface area (Å²) in [7, 11) is 0. The molecule has 1 fully saturated rings. The fourth-order valence-electron chi connectivity index (χ4n) is 3.46. The van der Waals surface area contributed by atoms with Crippen molar-refractivity contribution >= 4 is 41.8 Å². The maximum absolute atomic E-state index is 12.6. The highest BCUT2D eigenvalue weighted by molar-refractivity contribution is 8.00. The number of amides is 5. The monoisotopic (exact) mass is 544 g/mol. The maximum atomic E-state index is 12.6. The van der Waals surface area contributed by atoms with Crippen LogP contribution in [0.5, 0.6) is 0 Å². The van der Waals surface area contributed by atoms with Gasteiger partial charge in [-0.2, -0.15) is 0 Å². The zero-order chi connectivity index (χ0) is 27.9. The van der Waals surface area contributed by atoms with Crippen LogP contribution < -0.4 is 16.0 Å². The Hall–Kier alpha value is -2.18. The van der Waals surface area contributed by atoms with Gasteiger partial charge in [0.2, 0.25) is 17.7 Å². The van der Waals surface area contributed by atoms with Crippen molar-refractivity contribution in [2.45, 2.75) is 83.7 Å². The van der Waals surface area contributed by atoms with Crippen LogP contribution in [-0.4, -0.2) is 89.6 Å². The average Bonchev–Trinajstić information content (AvgIpc) is 3.10. The fourth-order valence-corrected chi connectivity index (χ4v) is 4.64. The van der Waals surface area contributed by atoms with Gasteiger partial charge in [-0.3, -0.25) is 19.3 Å². The van der Waals surface area contributed by atoms with Gasteiger partial charge in [0, 0.05) is 37.9 Å². The third-order valence-electron chi connectivity index (χ3n) is 5.87. The van der Waals surface area contributed by atoms with E-state index in [9.17, 15) is 29.1 Å². The Kier molecular flexibility index (Phi) is 14.8. The average molecular weight is 545 g/mol. The van der Waals surface area contributed by atoms with Gasteiger partial charge in [0.25, 0.3) is 0 Å². The largest absolute Gasteiger partial charge is 0.364 e. The molecule has 0 aromatic carbocycles. The molecule has 1 rings (SSSR count). The number of ether oxygens (including phenoxy) is 1. The number of imide groups is 1. The van der Waals surface area contributed by atoms with Crippen LogP contribution in [0.4, 0.5) is 4.79 Å². The van der Waals surface area contributed by atoms with E-state index in [1.165, 1.54) is 18.7 Å². The van der Waals surface area contributed by atoms with Crippen molar-refractivity contribution in [2.24, 2.45) is 5.41 Å². The molecule has 1 aliphatic rings. The molecule has 0 spiro atoms. The van der Waals surface area contributed by atoms with Gasteiger partial charge in [-0.25, -0.2) is 4.79 Å². The molecule has 212 valence electrons. The number of unbranched alkanes of at least 4 members (excludes halogenated alkanes) is 3. The van der Waals surface area contributed by atoms with Crippen LogP contribution in [0.1, 0.15) is 72.6 Å². The summed E-state index contributed by atoms with van der Waals surface area (Å²) in [6, 6.07) is -0.156. The number of carbonyl (C=O) groups excluding carboxylic acids is 5. The van der Waals surface area contributed by atoms with Crippen LogP contribution in [0, 0.1) is 5.41 Å². The topological polar surface area (TPSA) is 154 Å². The Morgan fingerprint density at radius 2 is 1.84 bits per heavy atom. The number of urea groups is 1. The summed E-state index contributed by atoms with van der Waals surface area (Å²) in [5.74, 6) is -1.78. The molecule has 2 unspecified atom stereocenters. The third kappa shape index (κ3) is 13.8. The predicted octanol–water partition coefficient (Wildman–Crippen LogP) is 1.57. The van der Waals surface area contributed by atoms with Gasteiger partial charge in [-0.15, -0.1) is 11.8 Å². The number of hydrogen-bond acceptors (Lipinski definition) is 8. The van der Waals surface area contributed by atoms with E-state index in [1.54, 1.807) is 13.8 Å². The van der Waals surface area contributed by atoms with E-state index in [1.807, 2.05) is 6.92 Å². The number of nitrogens with zero attached hydrogens (tertiary/aromatic N) is 1. The van der Waals surface area contributed by atoms with E-state index in [0.717, 1.165) is 42.6 Å². The maximum Gasteiger partial charge on any atom is 0.314 e. The van der Waals surface area contributed by atoms with E-state index >= 15 is 0 Å². The lowest BCUT2D eigenvalue weighted by Gasteiger charge is -2.26. The van der Waals surface area contributed by atoms with Crippen LogP contribution in [-0.2, 0) is 23.9 Å². The lowest BCUT2D eigenvalue weighted by atomic mass is 9.92. The summed E-state index contributed by atoms with van der Waals surface area (Å²) in [4.78, 5) is 60.5. The van der Waals surface area contributed by atoms with Crippen molar-refractivity contribution < 1.29 is 33.8 Å². The summed E-state index contributed by atoms with van der Waals surface area (Å²) >= 11 is 1.47. The highest BCUT2D eigenvalue weighted by Gasteiger charge is 2.38. The smallest absolute Gasteiger partial charge is 0.314 e. The molecule has 11 nitrogen and oxygen atoms in total. The number of carbonyl (C=O) groups is 5. The summed E-state index contributed by atoms with van der Waals surface area (Å²) in [6.45, 7) is 8.03. The Bertz CT molecular complexity index is 776. The normalized spacial score (nSPS) is 17.4. The molecule has 4 N–H and O–H groups in total. The Balaban J connectivity index is 2.23. The second kappa shape index (κ2) is 16.6. The van der Waals surface area contributed by atoms with E-state index in [2.05, 4.69) is 16.0 Å². The summed E-state index contributed by atoms with van der Waals surface area (Å²) in [5.41, 5.74) is -0.559. The summed E-state index contributed by atoms with van der Waals surface area (Å²) < 4.78 is 5.38. The lowest BCUT2D eigenvalue weighted by Crippen LogP contribution is -2.44. The van der Waals surface area contributed by atoms with Crippen LogP contribution in [0.3, 0.4) is 0 Å². The van der Waals surface area contributed by atoms with Gasteiger partial charge >= 0.3 is 6.03 Å². The minimum Gasteiger partial charge on any atom is -0.364 e. The van der Waals surface area contributed by atoms with Crippen molar-refractivity contribution in [3.05, 3.63) is 0 Å². The number of thioether (sulfide) groups is 1. The second-order valence-electron chi connectivity index (χ2n) is 10.1. The molecule has 0 radical (unpaired) electrons. The van der Waals surface area contributed by atoms with Crippen molar-refractivity contribution in [3.63, 3.8) is 0 Å². The summed E-state index contributed by atoms with van der Waals surface area (Å²) in [5, 5.41) is 17.9. The number of nitrogens with one attached hydrogen (secondary N) is 3. The molecule has 0 aromatic rings. The first kappa shape index (κ1) is 32.8. The highest BCUT2D eigenvalue weighted by atomic mass is 32.2. The zero-order valence-corrected chi connectivity index (χ0v) is 23.4. The molecule has 0 aliphatic carbocycles. The number of hydrogen-bond donors (Lipinski definition) is 4. The molecule has 2 atom stereocenters. The predicted molar refractivity (Wildman–Crippen MR) is 142 cm³/mol. The number of aliphatic hydroxyl groups is 1. The number of aldehydes is 1. The van der Waals surface area contributed by atoms with Crippen LogP contribution in [0.2, 0.25) is 0 Å². The third-order valence-corrected chi connectivity index (χ3v) is 7.17. The molecular formula is C25H44N4O7S. The van der Waals surface area contributed by atoms with Gasteiger partial charge in [0.1, 0.15) is 6.29 Å². The Labute approximate surface area is 224 Å². The van der Waals surface area contributed by atoms with Crippen molar-refractivity contribution in [2.75, 3.05) is 38.5 Å². The van der Waals surface area contributed by atoms with Crippen molar-refractivity contribution in [1.82, 2.24) is 20.9 Å². The van der Waals surface area contributed by atoms with Crippen molar-refractivity contribution in [1.29, 1.82) is 0 Å². The van der Waals surface area contributed by atoms with Gasteiger partial charge < -0.3 is 30.6 Å². The van der Waals surface area contributed by atoms with Gasteiger partial charge in [-0.05, 0) is 38.9 Å². The van der Waals surface area contributed by atoms with E-state index in [0.29, 0.717) is 19.5 Å². The van der Waals surface area contributed by atoms with Crippen LogP contribution >= 0.6 is 11.8 Å². The van der Waals surface area contributed by atoms with Crippen LogP contribution in [0.25, 0.3) is 0 Å². The zero-order valence-electron chi connectivity index (χ0n) is 22.6. The molecule has 1 aliphatic heterocycles. The Morgan fingerprint density at radius 3 is 2.51 bits per heavy atom. The summed E-state index contributed by atoms with van der Waals surface area (Å²) in [6.07, 6.45) is 5.09. The molecule has 0 bridgehead atoms. The molecule has 1 saturated heterocycles.